The van der Waals surface area contributed by atoms with Gasteiger partial charge in [-0.3, -0.25) is 0 Å². The molecule has 1 heterocycles. The first kappa shape index (κ1) is 13.8. The van der Waals surface area contributed by atoms with Crippen LogP contribution < -0.4 is 10.6 Å². The van der Waals surface area contributed by atoms with Gasteiger partial charge in [0.2, 0.25) is 0 Å². The molecular weight excluding hydrogens is 292 g/mol. The lowest BCUT2D eigenvalue weighted by Crippen LogP contribution is -2.37. The molecule has 1 unspecified atom stereocenters. The molecule has 2 rings (SSSR count). The van der Waals surface area contributed by atoms with Crippen LogP contribution >= 0.6 is 15.9 Å². The van der Waals surface area contributed by atoms with E-state index in [0.717, 1.165) is 23.0 Å². The summed E-state index contributed by atoms with van der Waals surface area (Å²) in [6, 6.07) is 6.50. The number of nitrogens with zero attached hydrogens (tertiary/aromatic N) is 1. The van der Waals surface area contributed by atoms with Gasteiger partial charge in [-0.15, -0.1) is 0 Å². The number of hydrogen-bond acceptors (Lipinski definition) is 3. The Balaban J connectivity index is 2.27. The molecule has 1 atom stereocenters. The van der Waals surface area contributed by atoms with Gasteiger partial charge in [-0.05, 0) is 46.5 Å². The van der Waals surface area contributed by atoms with E-state index in [0.29, 0.717) is 6.54 Å². The SMILES string of the molecule is NCc1ccc(N2CCCCCC2CO)c(Br)c1. The van der Waals surface area contributed by atoms with E-state index >= 15 is 0 Å². The molecule has 0 saturated carbocycles. The summed E-state index contributed by atoms with van der Waals surface area (Å²) in [5.74, 6) is 0. The number of halogens is 1. The molecule has 1 fully saturated rings. The maximum absolute atomic E-state index is 9.56. The summed E-state index contributed by atoms with van der Waals surface area (Å²) >= 11 is 3.63. The van der Waals surface area contributed by atoms with Crippen LogP contribution in [0.1, 0.15) is 31.2 Å². The van der Waals surface area contributed by atoms with Gasteiger partial charge in [-0.25, -0.2) is 0 Å². The Hall–Kier alpha value is -0.580. The summed E-state index contributed by atoms with van der Waals surface area (Å²) in [4.78, 5) is 2.33. The Labute approximate surface area is 117 Å². The number of anilines is 1. The first-order chi connectivity index (χ1) is 8.76. The van der Waals surface area contributed by atoms with E-state index in [2.05, 4.69) is 39.0 Å². The molecule has 1 aromatic rings. The highest BCUT2D eigenvalue weighted by molar-refractivity contribution is 9.10. The molecule has 0 amide bonds. The lowest BCUT2D eigenvalue weighted by molar-refractivity contribution is 0.255. The van der Waals surface area contributed by atoms with Crippen molar-refractivity contribution in [2.45, 2.75) is 38.3 Å². The lowest BCUT2D eigenvalue weighted by Gasteiger charge is -2.31. The van der Waals surface area contributed by atoms with Crippen molar-refractivity contribution in [2.75, 3.05) is 18.1 Å². The summed E-state index contributed by atoms with van der Waals surface area (Å²) in [6.45, 7) is 1.80. The van der Waals surface area contributed by atoms with Gasteiger partial charge in [0.1, 0.15) is 0 Å². The fraction of sp³-hybridized carbons (Fsp3) is 0.571. The van der Waals surface area contributed by atoms with Crippen LogP contribution in [-0.2, 0) is 6.54 Å². The zero-order chi connectivity index (χ0) is 13.0. The number of hydrogen-bond donors (Lipinski definition) is 2. The maximum atomic E-state index is 9.56. The Bertz CT molecular complexity index is 397. The fourth-order valence-electron chi connectivity index (χ4n) is 2.59. The molecule has 0 bridgehead atoms. The van der Waals surface area contributed by atoms with Crippen molar-refractivity contribution in [1.82, 2.24) is 0 Å². The van der Waals surface area contributed by atoms with E-state index in [-0.39, 0.29) is 12.6 Å². The van der Waals surface area contributed by atoms with Gasteiger partial charge in [0, 0.05) is 17.6 Å². The van der Waals surface area contributed by atoms with Gasteiger partial charge in [0.05, 0.1) is 18.3 Å². The van der Waals surface area contributed by atoms with Gasteiger partial charge < -0.3 is 15.7 Å². The zero-order valence-corrected chi connectivity index (χ0v) is 12.2. The zero-order valence-electron chi connectivity index (χ0n) is 10.6. The van der Waals surface area contributed by atoms with Gasteiger partial charge in [0.15, 0.2) is 0 Å². The van der Waals surface area contributed by atoms with E-state index in [1.165, 1.54) is 24.9 Å². The van der Waals surface area contributed by atoms with Crippen LogP contribution in [0.15, 0.2) is 22.7 Å². The first-order valence-corrected chi connectivity index (χ1v) is 7.41. The second-order valence-electron chi connectivity index (χ2n) is 4.87. The first-order valence-electron chi connectivity index (χ1n) is 6.62. The van der Waals surface area contributed by atoms with Crippen LogP contribution in [0.25, 0.3) is 0 Å². The highest BCUT2D eigenvalue weighted by Crippen LogP contribution is 2.31. The van der Waals surface area contributed by atoms with Gasteiger partial charge in [0.25, 0.3) is 0 Å². The Morgan fingerprint density at radius 2 is 2.17 bits per heavy atom. The summed E-state index contributed by atoms with van der Waals surface area (Å²) in [6.07, 6.45) is 4.73. The van der Waals surface area contributed by atoms with Crippen LogP contribution in [0.2, 0.25) is 0 Å². The van der Waals surface area contributed by atoms with Crippen LogP contribution in [0.4, 0.5) is 5.69 Å². The standard InChI is InChI=1S/C14H21BrN2O/c15-13-8-11(9-16)5-6-14(13)17-7-3-1-2-4-12(17)10-18/h5-6,8,12,18H,1-4,7,9-10,16H2. The van der Waals surface area contributed by atoms with Gasteiger partial charge >= 0.3 is 0 Å². The predicted octanol–water partition coefficient (Wildman–Crippen LogP) is 2.65. The van der Waals surface area contributed by atoms with Crippen LogP contribution in [0, 0.1) is 0 Å². The van der Waals surface area contributed by atoms with Crippen molar-refractivity contribution in [3.63, 3.8) is 0 Å². The predicted molar refractivity (Wildman–Crippen MR) is 78.7 cm³/mol. The molecule has 18 heavy (non-hydrogen) atoms. The molecule has 1 saturated heterocycles. The number of benzene rings is 1. The van der Waals surface area contributed by atoms with E-state index < -0.39 is 0 Å². The lowest BCUT2D eigenvalue weighted by atomic mass is 10.1. The minimum atomic E-state index is 0.227. The van der Waals surface area contributed by atoms with E-state index in [4.69, 9.17) is 5.73 Å². The second kappa shape index (κ2) is 6.55. The topological polar surface area (TPSA) is 49.5 Å². The molecule has 3 nitrogen and oxygen atoms in total. The molecular formula is C14H21BrN2O. The molecule has 1 aliphatic heterocycles. The summed E-state index contributed by atoms with van der Waals surface area (Å²) in [7, 11) is 0. The van der Waals surface area contributed by atoms with Gasteiger partial charge in [-0.2, -0.15) is 0 Å². The average Bonchev–Trinajstić information content (AvgIpc) is 2.63. The van der Waals surface area contributed by atoms with Crippen molar-refractivity contribution in [2.24, 2.45) is 5.73 Å². The number of aliphatic hydroxyl groups is 1. The van der Waals surface area contributed by atoms with Crippen molar-refractivity contribution in [3.8, 4) is 0 Å². The van der Waals surface area contributed by atoms with Crippen LogP contribution in [-0.4, -0.2) is 24.3 Å². The normalized spacial score (nSPS) is 20.8. The van der Waals surface area contributed by atoms with Crippen molar-refractivity contribution in [1.29, 1.82) is 0 Å². The summed E-state index contributed by atoms with van der Waals surface area (Å²) in [5, 5.41) is 9.56. The highest BCUT2D eigenvalue weighted by atomic mass is 79.9. The second-order valence-corrected chi connectivity index (χ2v) is 5.72. The summed E-state index contributed by atoms with van der Waals surface area (Å²) < 4.78 is 1.07. The van der Waals surface area contributed by atoms with E-state index in [1.54, 1.807) is 0 Å². The molecule has 4 heteroatoms. The number of nitrogens with two attached hydrogens (primary N) is 1. The minimum absolute atomic E-state index is 0.227. The van der Waals surface area contributed by atoms with E-state index in [9.17, 15) is 5.11 Å². The minimum Gasteiger partial charge on any atom is -0.394 e. The molecule has 0 spiro atoms. The van der Waals surface area contributed by atoms with Crippen molar-refractivity contribution < 1.29 is 5.11 Å². The molecule has 0 aliphatic carbocycles. The van der Waals surface area contributed by atoms with E-state index in [1.807, 2.05) is 0 Å². The van der Waals surface area contributed by atoms with Crippen molar-refractivity contribution >= 4 is 21.6 Å². The Kier molecular flexibility index (Phi) is 5.03. The molecule has 0 radical (unpaired) electrons. The Morgan fingerprint density at radius 1 is 1.33 bits per heavy atom. The third-order valence-corrected chi connectivity index (χ3v) is 4.28. The molecule has 100 valence electrons. The number of rotatable bonds is 3. The maximum Gasteiger partial charge on any atom is 0.0635 e. The monoisotopic (exact) mass is 312 g/mol. The van der Waals surface area contributed by atoms with Crippen LogP contribution in [0.5, 0.6) is 0 Å². The number of aliphatic hydroxyl groups excluding tert-OH is 1. The van der Waals surface area contributed by atoms with Gasteiger partial charge in [-0.1, -0.05) is 18.9 Å². The summed E-state index contributed by atoms with van der Waals surface area (Å²) in [5.41, 5.74) is 7.95. The average molecular weight is 313 g/mol. The molecule has 3 N–H and O–H groups in total. The molecule has 1 aliphatic rings. The highest BCUT2D eigenvalue weighted by Gasteiger charge is 2.22. The molecule has 1 aromatic carbocycles. The fourth-order valence-corrected chi connectivity index (χ4v) is 3.25. The third-order valence-electron chi connectivity index (χ3n) is 3.65. The smallest absolute Gasteiger partial charge is 0.0635 e. The quantitative estimate of drug-likeness (QED) is 0.902. The molecule has 0 aromatic heterocycles. The third kappa shape index (κ3) is 3.05. The van der Waals surface area contributed by atoms with Crippen LogP contribution in [0.3, 0.4) is 0 Å². The Morgan fingerprint density at radius 3 is 2.83 bits per heavy atom. The van der Waals surface area contributed by atoms with Crippen molar-refractivity contribution in [3.05, 3.63) is 28.2 Å². The largest absolute Gasteiger partial charge is 0.394 e.